The lowest BCUT2D eigenvalue weighted by atomic mass is 10.0. The predicted molar refractivity (Wildman–Crippen MR) is 189 cm³/mol. The first-order valence-corrected chi connectivity index (χ1v) is 15.4. The molecule has 4 aromatic heterocycles. The van der Waals surface area contributed by atoms with E-state index in [2.05, 4.69) is 132 Å². The lowest BCUT2D eigenvalue weighted by Gasteiger charge is -2.09. The van der Waals surface area contributed by atoms with Gasteiger partial charge in [0.2, 0.25) is 0 Å². The highest BCUT2D eigenvalue weighted by Gasteiger charge is 2.09. The first kappa shape index (κ1) is 26.2. The van der Waals surface area contributed by atoms with Crippen LogP contribution in [0.5, 0.6) is 0 Å². The van der Waals surface area contributed by atoms with Gasteiger partial charge in [-0.1, -0.05) is 115 Å². The fourth-order valence-electron chi connectivity index (χ4n) is 6.22. The number of aromatic nitrogens is 4. The number of pyridine rings is 4. The summed E-state index contributed by atoms with van der Waals surface area (Å²) in [7, 11) is 0. The van der Waals surface area contributed by atoms with Gasteiger partial charge in [0.1, 0.15) is 0 Å². The molecule has 4 heteroatoms. The van der Waals surface area contributed by atoms with Gasteiger partial charge in [0.25, 0.3) is 0 Å². The van der Waals surface area contributed by atoms with E-state index in [1.807, 2.05) is 30.5 Å². The van der Waals surface area contributed by atoms with Crippen LogP contribution in [0.1, 0.15) is 0 Å². The average Bonchev–Trinajstić information content (AvgIpc) is 3.14. The maximum absolute atomic E-state index is 5.09. The Kier molecular flexibility index (Phi) is 6.10. The minimum Gasteiger partial charge on any atom is -0.254 e. The summed E-state index contributed by atoms with van der Waals surface area (Å²) in [5.74, 6) is 0. The molecule has 0 aliphatic heterocycles. The maximum atomic E-state index is 5.09. The van der Waals surface area contributed by atoms with Crippen molar-refractivity contribution >= 4 is 43.6 Å². The molecule has 0 saturated heterocycles. The van der Waals surface area contributed by atoms with E-state index in [4.69, 9.17) is 15.0 Å². The third-order valence-electron chi connectivity index (χ3n) is 8.70. The monoisotopic (exact) mass is 586 g/mol. The summed E-state index contributed by atoms with van der Waals surface area (Å²) in [6.45, 7) is 0. The van der Waals surface area contributed by atoms with Crippen LogP contribution < -0.4 is 0 Å². The van der Waals surface area contributed by atoms with E-state index >= 15 is 0 Å². The Morgan fingerprint density at radius 2 is 0.761 bits per heavy atom. The maximum Gasteiger partial charge on any atom is 0.0972 e. The van der Waals surface area contributed by atoms with E-state index in [0.29, 0.717) is 0 Å². The highest BCUT2D eigenvalue weighted by Crippen LogP contribution is 2.31. The van der Waals surface area contributed by atoms with Crippen molar-refractivity contribution in [3.05, 3.63) is 158 Å². The Bertz CT molecular complexity index is 2570. The minimum absolute atomic E-state index is 0.922. The third kappa shape index (κ3) is 4.64. The molecule has 0 radical (unpaired) electrons. The molecule has 0 N–H and O–H groups in total. The van der Waals surface area contributed by atoms with Gasteiger partial charge in [0.15, 0.2) is 0 Å². The van der Waals surface area contributed by atoms with E-state index in [0.717, 1.165) is 88.5 Å². The van der Waals surface area contributed by atoms with Gasteiger partial charge in [-0.2, -0.15) is 0 Å². The van der Waals surface area contributed by atoms with Gasteiger partial charge in [-0.15, -0.1) is 0 Å². The van der Waals surface area contributed by atoms with Gasteiger partial charge >= 0.3 is 0 Å². The first-order valence-electron chi connectivity index (χ1n) is 15.4. The van der Waals surface area contributed by atoms with Crippen molar-refractivity contribution < 1.29 is 0 Å². The number of benzene rings is 5. The second-order valence-electron chi connectivity index (χ2n) is 11.6. The molecule has 0 spiro atoms. The quantitative estimate of drug-likeness (QED) is 0.193. The van der Waals surface area contributed by atoms with Gasteiger partial charge < -0.3 is 0 Å². The van der Waals surface area contributed by atoms with Crippen molar-refractivity contribution in [1.29, 1.82) is 0 Å². The van der Waals surface area contributed by atoms with Crippen molar-refractivity contribution in [3.63, 3.8) is 0 Å². The molecule has 0 saturated carbocycles. The number of hydrogen-bond donors (Lipinski definition) is 0. The van der Waals surface area contributed by atoms with Crippen molar-refractivity contribution in [2.24, 2.45) is 0 Å². The van der Waals surface area contributed by atoms with Gasteiger partial charge in [0, 0.05) is 44.4 Å². The standard InChI is InChI=1S/C42H26N4/c1-2-5-27(6-3-1)36-21-18-30-12-16-34(25-39(30)44-36)35-17-13-31-19-22-37(45-40(31)26-35)28-8-10-29(11-9-28)38-23-20-33-15-14-32-7-4-24-43-41(32)42(33)46-38/h1-26H. The fourth-order valence-corrected chi connectivity index (χ4v) is 6.22. The second kappa shape index (κ2) is 10.7. The van der Waals surface area contributed by atoms with E-state index in [9.17, 15) is 0 Å². The number of rotatable bonds is 4. The number of hydrogen-bond acceptors (Lipinski definition) is 4. The Balaban J connectivity index is 1.04. The molecule has 0 amide bonds. The van der Waals surface area contributed by atoms with Crippen molar-refractivity contribution in [2.45, 2.75) is 0 Å². The largest absolute Gasteiger partial charge is 0.254 e. The molecule has 46 heavy (non-hydrogen) atoms. The summed E-state index contributed by atoms with van der Waals surface area (Å²) < 4.78 is 0. The lowest BCUT2D eigenvalue weighted by Crippen LogP contribution is -1.90. The molecule has 9 aromatic rings. The van der Waals surface area contributed by atoms with Crippen LogP contribution in [0.4, 0.5) is 0 Å². The fraction of sp³-hybridized carbons (Fsp3) is 0. The smallest absolute Gasteiger partial charge is 0.0972 e. The van der Waals surface area contributed by atoms with Crippen LogP contribution in [0.3, 0.4) is 0 Å². The van der Waals surface area contributed by atoms with Gasteiger partial charge in [-0.3, -0.25) is 4.98 Å². The molecule has 9 rings (SSSR count). The zero-order chi connectivity index (χ0) is 30.5. The molecular formula is C42H26N4. The zero-order valence-corrected chi connectivity index (χ0v) is 24.8. The van der Waals surface area contributed by atoms with Crippen LogP contribution in [-0.4, -0.2) is 19.9 Å². The zero-order valence-electron chi connectivity index (χ0n) is 24.8. The highest BCUT2D eigenvalue weighted by molar-refractivity contribution is 6.03. The van der Waals surface area contributed by atoms with Gasteiger partial charge in [0.05, 0.1) is 39.1 Å². The normalized spacial score (nSPS) is 11.5. The highest BCUT2D eigenvalue weighted by atomic mass is 14.8. The van der Waals surface area contributed by atoms with Crippen molar-refractivity contribution in [1.82, 2.24) is 19.9 Å². The Hall–Kier alpha value is -6.26. The summed E-state index contributed by atoms with van der Waals surface area (Å²) >= 11 is 0. The molecular weight excluding hydrogens is 560 g/mol. The van der Waals surface area contributed by atoms with Crippen LogP contribution in [0.25, 0.3) is 88.5 Å². The SMILES string of the molecule is c1ccc(-c2ccc3ccc(-c4ccc5ccc(-c6ccc(-c7ccc8ccc9cccnc9c8n7)cc6)nc5c4)cc3n2)cc1. The summed E-state index contributed by atoms with van der Waals surface area (Å²) in [6.07, 6.45) is 1.82. The second-order valence-corrected chi connectivity index (χ2v) is 11.6. The molecule has 0 aliphatic carbocycles. The molecule has 4 nitrogen and oxygen atoms in total. The number of nitrogens with zero attached hydrogens (tertiary/aromatic N) is 4. The summed E-state index contributed by atoms with van der Waals surface area (Å²) in [5.41, 5.74) is 12.1. The summed E-state index contributed by atoms with van der Waals surface area (Å²) in [4.78, 5) is 19.7. The van der Waals surface area contributed by atoms with Gasteiger partial charge in [-0.25, -0.2) is 15.0 Å². The Morgan fingerprint density at radius 3 is 1.37 bits per heavy atom. The van der Waals surface area contributed by atoms with Crippen LogP contribution in [0, 0.1) is 0 Å². The summed E-state index contributed by atoms with van der Waals surface area (Å²) in [5, 5.41) is 4.41. The van der Waals surface area contributed by atoms with E-state index in [-0.39, 0.29) is 0 Å². The molecule has 0 atom stereocenters. The molecule has 5 aromatic carbocycles. The van der Waals surface area contributed by atoms with Crippen molar-refractivity contribution in [3.8, 4) is 44.9 Å². The van der Waals surface area contributed by atoms with Crippen LogP contribution in [-0.2, 0) is 0 Å². The Morgan fingerprint density at radius 1 is 0.304 bits per heavy atom. The topological polar surface area (TPSA) is 51.6 Å². The molecule has 4 heterocycles. The van der Waals surface area contributed by atoms with Crippen LogP contribution in [0.15, 0.2) is 158 Å². The lowest BCUT2D eigenvalue weighted by molar-refractivity contribution is 1.36. The molecule has 0 unspecified atom stereocenters. The molecule has 0 aliphatic rings. The Labute approximate surface area is 265 Å². The molecule has 0 fully saturated rings. The van der Waals surface area contributed by atoms with E-state index in [1.54, 1.807) is 0 Å². The van der Waals surface area contributed by atoms with Gasteiger partial charge in [-0.05, 0) is 47.5 Å². The minimum atomic E-state index is 0.922. The van der Waals surface area contributed by atoms with Crippen LogP contribution >= 0.6 is 0 Å². The third-order valence-corrected chi connectivity index (χ3v) is 8.70. The van der Waals surface area contributed by atoms with Crippen LogP contribution in [0.2, 0.25) is 0 Å². The molecule has 214 valence electrons. The summed E-state index contributed by atoms with van der Waals surface area (Å²) in [6, 6.07) is 52.7. The number of fused-ring (bicyclic) bond motifs is 5. The van der Waals surface area contributed by atoms with E-state index < -0.39 is 0 Å². The average molecular weight is 587 g/mol. The molecule has 0 bridgehead atoms. The first-order chi connectivity index (χ1) is 22.7. The van der Waals surface area contributed by atoms with Crippen molar-refractivity contribution in [2.75, 3.05) is 0 Å². The van der Waals surface area contributed by atoms with E-state index in [1.165, 1.54) is 0 Å². The predicted octanol–water partition coefficient (Wildman–Crippen LogP) is 10.5.